The van der Waals surface area contributed by atoms with Crippen molar-refractivity contribution in [2.75, 3.05) is 26.4 Å². The van der Waals surface area contributed by atoms with E-state index in [1.807, 2.05) is 0 Å². The van der Waals surface area contributed by atoms with Crippen molar-refractivity contribution in [2.24, 2.45) is 5.92 Å². The summed E-state index contributed by atoms with van der Waals surface area (Å²) in [4.78, 5) is 33.5. The van der Waals surface area contributed by atoms with Crippen LogP contribution < -0.4 is 11.1 Å². The summed E-state index contributed by atoms with van der Waals surface area (Å²) in [6, 6.07) is 5.94. The van der Waals surface area contributed by atoms with Gasteiger partial charge in [0.1, 0.15) is 5.82 Å². The zero-order valence-electron chi connectivity index (χ0n) is 14.1. The van der Waals surface area contributed by atoms with Crippen molar-refractivity contribution in [3.63, 3.8) is 0 Å². The van der Waals surface area contributed by atoms with E-state index in [9.17, 15) is 14.0 Å². The highest BCUT2D eigenvalue weighted by molar-refractivity contribution is 5.94. The lowest BCUT2D eigenvalue weighted by Gasteiger charge is -2.21. The number of amides is 2. The Bertz CT molecular complexity index is 732. The Morgan fingerprint density at radius 1 is 1.20 bits per heavy atom. The smallest absolute Gasteiger partial charge is 0.254 e. The lowest BCUT2D eigenvalue weighted by atomic mass is 9.97. The number of carbonyl (C=O) groups is 2. The number of carbonyl (C=O) groups excluding carboxylic acids is 2. The largest absolute Gasteiger partial charge is 0.368 e. The quantitative estimate of drug-likeness (QED) is 0.809. The molecule has 0 bridgehead atoms. The molecule has 0 aliphatic rings. The second-order valence-corrected chi connectivity index (χ2v) is 5.80. The standard InChI is InChI=1S/C17H20FN5O2/c1-23(2)16(25)12(7-11-3-5-14(18)6-4-11)8-20-15(24)13-9-21-17(19)22-10-13/h3-6,9-10,12H,7-8H2,1-2H3,(H,20,24)(H2,19,21,22). The van der Waals surface area contributed by atoms with Gasteiger partial charge in [-0.2, -0.15) is 0 Å². The molecular formula is C17H20FN5O2. The normalized spacial score (nSPS) is 11.6. The third-order valence-electron chi connectivity index (χ3n) is 3.63. The van der Waals surface area contributed by atoms with Crippen LogP contribution in [0.3, 0.4) is 0 Å². The fourth-order valence-corrected chi connectivity index (χ4v) is 2.29. The van der Waals surface area contributed by atoms with Gasteiger partial charge in [-0.05, 0) is 24.1 Å². The maximum absolute atomic E-state index is 13.0. The second-order valence-electron chi connectivity index (χ2n) is 5.80. The maximum Gasteiger partial charge on any atom is 0.254 e. The summed E-state index contributed by atoms with van der Waals surface area (Å²) in [6.45, 7) is 0.137. The van der Waals surface area contributed by atoms with Crippen LogP contribution in [0.4, 0.5) is 10.3 Å². The number of nitrogens with zero attached hydrogens (tertiary/aromatic N) is 3. The van der Waals surface area contributed by atoms with Crippen LogP contribution in [0.5, 0.6) is 0 Å². The number of nitrogen functional groups attached to an aromatic ring is 1. The lowest BCUT2D eigenvalue weighted by molar-refractivity contribution is -0.132. The van der Waals surface area contributed by atoms with Crippen LogP contribution in [-0.4, -0.2) is 47.3 Å². The van der Waals surface area contributed by atoms with Crippen molar-refractivity contribution in [3.8, 4) is 0 Å². The Morgan fingerprint density at radius 2 is 1.80 bits per heavy atom. The third-order valence-corrected chi connectivity index (χ3v) is 3.63. The SMILES string of the molecule is CN(C)C(=O)C(CNC(=O)c1cnc(N)nc1)Cc1ccc(F)cc1. The number of hydrogen-bond donors (Lipinski definition) is 2. The van der Waals surface area contributed by atoms with E-state index in [1.54, 1.807) is 26.2 Å². The molecule has 8 heteroatoms. The molecule has 0 spiro atoms. The summed E-state index contributed by atoms with van der Waals surface area (Å²) in [5.74, 6) is -1.25. The summed E-state index contributed by atoms with van der Waals surface area (Å²) < 4.78 is 13.0. The number of anilines is 1. The van der Waals surface area contributed by atoms with Crippen molar-refractivity contribution in [2.45, 2.75) is 6.42 Å². The molecular weight excluding hydrogens is 325 g/mol. The molecule has 3 N–H and O–H groups in total. The summed E-state index contributed by atoms with van der Waals surface area (Å²) >= 11 is 0. The molecule has 2 aromatic rings. The first-order valence-corrected chi connectivity index (χ1v) is 7.68. The fraction of sp³-hybridized carbons (Fsp3) is 0.294. The van der Waals surface area contributed by atoms with Gasteiger partial charge in [-0.1, -0.05) is 12.1 Å². The molecule has 7 nitrogen and oxygen atoms in total. The van der Waals surface area contributed by atoms with E-state index < -0.39 is 11.8 Å². The number of nitrogens with two attached hydrogens (primary N) is 1. The lowest BCUT2D eigenvalue weighted by Crippen LogP contribution is -2.39. The Balaban J connectivity index is 2.05. The predicted octanol–water partition coefficient (Wildman–Crippen LogP) is 0.875. The average molecular weight is 345 g/mol. The van der Waals surface area contributed by atoms with Crippen molar-refractivity contribution in [3.05, 3.63) is 53.6 Å². The van der Waals surface area contributed by atoms with Crippen molar-refractivity contribution in [1.29, 1.82) is 0 Å². The van der Waals surface area contributed by atoms with Gasteiger partial charge in [-0.25, -0.2) is 14.4 Å². The molecule has 0 saturated carbocycles. The van der Waals surface area contributed by atoms with E-state index in [1.165, 1.54) is 29.4 Å². The van der Waals surface area contributed by atoms with Gasteiger partial charge in [-0.15, -0.1) is 0 Å². The highest BCUT2D eigenvalue weighted by atomic mass is 19.1. The first kappa shape index (κ1) is 18.3. The van der Waals surface area contributed by atoms with Crippen LogP contribution in [0.1, 0.15) is 15.9 Å². The zero-order valence-corrected chi connectivity index (χ0v) is 14.1. The van der Waals surface area contributed by atoms with Crippen molar-refractivity contribution in [1.82, 2.24) is 20.2 Å². The first-order valence-electron chi connectivity index (χ1n) is 7.68. The van der Waals surface area contributed by atoms with Crippen molar-refractivity contribution < 1.29 is 14.0 Å². The average Bonchev–Trinajstić information content (AvgIpc) is 2.60. The Morgan fingerprint density at radius 3 is 2.36 bits per heavy atom. The van der Waals surface area contributed by atoms with Crippen LogP contribution in [0.2, 0.25) is 0 Å². The number of nitrogens with one attached hydrogen (secondary N) is 1. The van der Waals surface area contributed by atoms with Crippen LogP contribution in [0, 0.1) is 11.7 Å². The monoisotopic (exact) mass is 345 g/mol. The van der Waals surface area contributed by atoms with E-state index in [0.29, 0.717) is 6.42 Å². The molecule has 1 atom stereocenters. The van der Waals surface area contributed by atoms with Gasteiger partial charge in [-0.3, -0.25) is 9.59 Å². The molecule has 2 amide bonds. The minimum Gasteiger partial charge on any atom is -0.368 e. The Kier molecular flexibility index (Phi) is 5.99. The molecule has 0 aliphatic heterocycles. The molecule has 25 heavy (non-hydrogen) atoms. The van der Waals surface area contributed by atoms with Gasteiger partial charge in [0, 0.05) is 33.0 Å². The van der Waals surface area contributed by atoms with Crippen LogP contribution in [0.15, 0.2) is 36.7 Å². The van der Waals surface area contributed by atoms with Gasteiger partial charge in [0.15, 0.2) is 0 Å². The van der Waals surface area contributed by atoms with Gasteiger partial charge in [0.25, 0.3) is 5.91 Å². The number of aromatic nitrogens is 2. The predicted molar refractivity (Wildman–Crippen MR) is 91.1 cm³/mol. The van der Waals surface area contributed by atoms with E-state index in [2.05, 4.69) is 15.3 Å². The van der Waals surface area contributed by atoms with E-state index in [-0.39, 0.29) is 29.8 Å². The van der Waals surface area contributed by atoms with Crippen molar-refractivity contribution >= 4 is 17.8 Å². The molecule has 1 aromatic carbocycles. The third kappa shape index (κ3) is 5.23. The molecule has 2 rings (SSSR count). The van der Waals surface area contributed by atoms with Gasteiger partial charge >= 0.3 is 0 Å². The number of hydrogen-bond acceptors (Lipinski definition) is 5. The van der Waals surface area contributed by atoms with Gasteiger partial charge in [0.2, 0.25) is 11.9 Å². The van der Waals surface area contributed by atoms with Crippen LogP contribution in [-0.2, 0) is 11.2 Å². The topological polar surface area (TPSA) is 101 Å². The number of rotatable bonds is 6. The van der Waals surface area contributed by atoms with Crippen LogP contribution >= 0.6 is 0 Å². The molecule has 0 fully saturated rings. The summed E-state index contributed by atoms with van der Waals surface area (Å²) in [7, 11) is 3.30. The summed E-state index contributed by atoms with van der Waals surface area (Å²) in [5.41, 5.74) is 6.46. The second kappa shape index (κ2) is 8.18. The molecule has 1 unspecified atom stereocenters. The minimum absolute atomic E-state index is 0.0773. The highest BCUT2D eigenvalue weighted by Crippen LogP contribution is 2.12. The highest BCUT2D eigenvalue weighted by Gasteiger charge is 2.22. The van der Waals surface area contributed by atoms with E-state index in [0.717, 1.165) is 5.56 Å². The molecule has 132 valence electrons. The van der Waals surface area contributed by atoms with E-state index in [4.69, 9.17) is 5.73 Å². The molecule has 0 saturated heterocycles. The van der Waals surface area contributed by atoms with E-state index >= 15 is 0 Å². The zero-order chi connectivity index (χ0) is 18.4. The molecule has 1 aromatic heterocycles. The Hall–Kier alpha value is -3.03. The summed E-state index contributed by atoms with van der Waals surface area (Å²) in [6.07, 6.45) is 3.02. The fourth-order valence-electron chi connectivity index (χ4n) is 2.29. The minimum atomic E-state index is -0.473. The molecule has 1 heterocycles. The van der Waals surface area contributed by atoms with Gasteiger partial charge < -0.3 is 16.0 Å². The maximum atomic E-state index is 13.0. The molecule has 0 radical (unpaired) electrons. The first-order chi connectivity index (χ1) is 11.9. The van der Waals surface area contributed by atoms with Crippen LogP contribution in [0.25, 0.3) is 0 Å². The number of benzene rings is 1. The molecule has 0 aliphatic carbocycles. The van der Waals surface area contributed by atoms with Gasteiger partial charge in [0.05, 0.1) is 11.5 Å². The summed E-state index contributed by atoms with van der Waals surface area (Å²) in [5, 5.41) is 2.70. The number of halogens is 1. The Labute approximate surface area is 145 Å².